The molecule has 0 saturated heterocycles. The highest BCUT2D eigenvalue weighted by Crippen LogP contribution is 2.31. The Morgan fingerprint density at radius 1 is 1.17 bits per heavy atom. The molecule has 0 bridgehead atoms. The van der Waals surface area contributed by atoms with Gasteiger partial charge in [0.2, 0.25) is 0 Å². The number of hydrogen-bond donors (Lipinski definition) is 2. The van der Waals surface area contributed by atoms with Crippen molar-refractivity contribution in [2.24, 2.45) is 5.73 Å². The second-order valence-corrected chi connectivity index (χ2v) is 6.72. The van der Waals surface area contributed by atoms with E-state index in [0.717, 1.165) is 22.0 Å². The van der Waals surface area contributed by atoms with Crippen LogP contribution in [0.2, 0.25) is 0 Å². The number of nitrogens with one attached hydrogen (secondary N) is 1. The van der Waals surface area contributed by atoms with Crippen molar-refractivity contribution in [2.75, 3.05) is 5.32 Å². The lowest BCUT2D eigenvalue weighted by Crippen LogP contribution is -2.18. The topological polar surface area (TPSA) is 50.9 Å². The molecule has 0 aliphatic rings. The van der Waals surface area contributed by atoms with Crippen molar-refractivity contribution in [2.45, 2.75) is 13.8 Å². The Morgan fingerprint density at radius 3 is 2.74 bits per heavy atom. The summed E-state index contributed by atoms with van der Waals surface area (Å²) < 4.78 is 0. The number of thiocarbonyl (C=S) groups is 1. The minimum Gasteiger partial charge on any atom is -0.376 e. The summed E-state index contributed by atoms with van der Waals surface area (Å²) in [6, 6.07) is 14.4. The molecule has 0 atom stereocenters. The Hall–Kier alpha value is -2.24. The molecule has 0 saturated carbocycles. The van der Waals surface area contributed by atoms with E-state index < -0.39 is 0 Å². The zero-order valence-electron chi connectivity index (χ0n) is 13.0. The highest BCUT2D eigenvalue weighted by molar-refractivity contribution is 7.80. The summed E-state index contributed by atoms with van der Waals surface area (Å²) >= 11 is 6.52. The first kappa shape index (κ1) is 15.6. The minimum absolute atomic E-state index is 0.261. The SMILES string of the molecule is Cc1ccc(-c2csc(-c3cccc(NC(N)=S)c3)n2)c(C)c1. The van der Waals surface area contributed by atoms with Gasteiger partial charge in [0.25, 0.3) is 0 Å². The van der Waals surface area contributed by atoms with Gasteiger partial charge in [-0.05, 0) is 43.8 Å². The van der Waals surface area contributed by atoms with E-state index in [2.05, 4.69) is 42.7 Å². The maximum absolute atomic E-state index is 5.53. The summed E-state index contributed by atoms with van der Waals surface area (Å²) in [5.41, 5.74) is 12.1. The molecule has 3 aromatic rings. The molecule has 116 valence electrons. The summed E-state index contributed by atoms with van der Waals surface area (Å²) in [6.45, 7) is 4.22. The van der Waals surface area contributed by atoms with Crippen LogP contribution in [0.15, 0.2) is 47.8 Å². The van der Waals surface area contributed by atoms with Crippen molar-refractivity contribution in [3.63, 3.8) is 0 Å². The van der Waals surface area contributed by atoms with Gasteiger partial charge in [-0.1, -0.05) is 35.9 Å². The van der Waals surface area contributed by atoms with Crippen LogP contribution in [-0.4, -0.2) is 10.1 Å². The fraction of sp³-hybridized carbons (Fsp3) is 0.111. The average Bonchev–Trinajstić information content (AvgIpc) is 2.96. The number of nitrogens with zero attached hydrogens (tertiary/aromatic N) is 1. The van der Waals surface area contributed by atoms with Crippen LogP contribution in [0.3, 0.4) is 0 Å². The molecule has 0 unspecified atom stereocenters. The highest BCUT2D eigenvalue weighted by atomic mass is 32.1. The van der Waals surface area contributed by atoms with Gasteiger partial charge in [-0.25, -0.2) is 4.98 Å². The van der Waals surface area contributed by atoms with Crippen molar-refractivity contribution in [1.29, 1.82) is 0 Å². The molecular formula is C18H17N3S2. The average molecular weight is 339 g/mol. The molecule has 2 aromatic carbocycles. The van der Waals surface area contributed by atoms with Gasteiger partial charge in [-0.15, -0.1) is 11.3 Å². The maximum atomic E-state index is 5.53. The first-order chi connectivity index (χ1) is 11.0. The predicted molar refractivity (Wildman–Crippen MR) is 103 cm³/mol. The van der Waals surface area contributed by atoms with Crippen LogP contribution in [0.25, 0.3) is 21.8 Å². The van der Waals surface area contributed by atoms with Crippen molar-refractivity contribution in [1.82, 2.24) is 4.98 Å². The molecule has 5 heteroatoms. The number of benzene rings is 2. The first-order valence-electron chi connectivity index (χ1n) is 7.23. The normalized spacial score (nSPS) is 10.5. The molecule has 3 nitrogen and oxygen atoms in total. The number of aromatic nitrogens is 1. The van der Waals surface area contributed by atoms with Gasteiger partial charge in [-0.2, -0.15) is 0 Å². The van der Waals surface area contributed by atoms with Crippen LogP contribution in [0.1, 0.15) is 11.1 Å². The van der Waals surface area contributed by atoms with Crippen LogP contribution in [0.5, 0.6) is 0 Å². The molecule has 0 aliphatic heterocycles. The predicted octanol–water partition coefficient (Wildman–Crippen LogP) is 4.75. The van der Waals surface area contributed by atoms with Crippen LogP contribution in [0.4, 0.5) is 5.69 Å². The van der Waals surface area contributed by atoms with Gasteiger partial charge in [0.15, 0.2) is 5.11 Å². The number of hydrogen-bond acceptors (Lipinski definition) is 3. The molecule has 0 radical (unpaired) electrons. The van der Waals surface area contributed by atoms with Crippen molar-refractivity contribution in [3.05, 3.63) is 59.0 Å². The van der Waals surface area contributed by atoms with Crippen molar-refractivity contribution < 1.29 is 0 Å². The maximum Gasteiger partial charge on any atom is 0.168 e. The van der Waals surface area contributed by atoms with Gasteiger partial charge in [0, 0.05) is 22.2 Å². The third kappa shape index (κ3) is 3.57. The monoisotopic (exact) mass is 339 g/mol. The van der Waals surface area contributed by atoms with Crippen LogP contribution < -0.4 is 11.1 Å². The first-order valence-corrected chi connectivity index (χ1v) is 8.52. The third-order valence-electron chi connectivity index (χ3n) is 3.54. The lowest BCUT2D eigenvalue weighted by molar-refractivity contribution is 1.34. The Bertz CT molecular complexity index is 868. The van der Waals surface area contributed by atoms with Gasteiger partial charge in [0.1, 0.15) is 5.01 Å². The highest BCUT2D eigenvalue weighted by Gasteiger charge is 2.09. The zero-order chi connectivity index (χ0) is 16.4. The van der Waals surface area contributed by atoms with Gasteiger partial charge < -0.3 is 11.1 Å². The van der Waals surface area contributed by atoms with E-state index in [9.17, 15) is 0 Å². The number of rotatable bonds is 3. The molecule has 0 aliphatic carbocycles. The second-order valence-electron chi connectivity index (χ2n) is 5.43. The van der Waals surface area contributed by atoms with Gasteiger partial charge in [-0.3, -0.25) is 0 Å². The Kier molecular flexibility index (Phi) is 4.41. The largest absolute Gasteiger partial charge is 0.376 e. The standard InChI is InChI=1S/C18H17N3S2/c1-11-6-7-15(12(2)8-11)16-10-23-17(21-16)13-4-3-5-14(9-13)20-18(19)22/h3-10H,1-2H3,(H3,19,20,22). The lowest BCUT2D eigenvalue weighted by Gasteiger charge is -2.05. The van der Waals surface area contributed by atoms with E-state index in [0.29, 0.717) is 0 Å². The number of nitrogens with two attached hydrogens (primary N) is 1. The fourth-order valence-electron chi connectivity index (χ4n) is 2.50. The smallest absolute Gasteiger partial charge is 0.168 e. The number of aryl methyl sites for hydroxylation is 2. The van der Waals surface area contributed by atoms with E-state index in [1.807, 2.05) is 24.3 Å². The van der Waals surface area contributed by atoms with Crippen LogP contribution in [-0.2, 0) is 0 Å². The van der Waals surface area contributed by atoms with Gasteiger partial charge >= 0.3 is 0 Å². The van der Waals surface area contributed by atoms with E-state index in [1.54, 1.807) is 11.3 Å². The van der Waals surface area contributed by atoms with E-state index >= 15 is 0 Å². The lowest BCUT2D eigenvalue weighted by atomic mass is 10.0. The molecular weight excluding hydrogens is 322 g/mol. The fourth-order valence-corrected chi connectivity index (χ4v) is 3.44. The molecule has 0 spiro atoms. The molecule has 3 rings (SSSR count). The number of anilines is 1. The van der Waals surface area contributed by atoms with Crippen molar-refractivity contribution >= 4 is 34.4 Å². The Labute approximate surface area is 145 Å². The number of thiazole rings is 1. The summed E-state index contributed by atoms with van der Waals surface area (Å²) in [6.07, 6.45) is 0. The Morgan fingerprint density at radius 2 is 2.00 bits per heavy atom. The zero-order valence-corrected chi connectivity index (χ0v) is 14.6. The van der Waals surface area contributed by atoms with E-state index in [4.69, 9.17) is 22.9 Å². The molecule has 3 N–H and O–H groups in total. The van der Waals surface area contributed by atoms with Crippen LogP contribution in [0, 0.1) is 13.8 Å². The van der Waals surface area contributed by atoms with Crippen molar-refractivity contribution in [3.8, 4) is 21.8 Å². The van der Waals surface area contributed by atoms with Crippen LogP contribution >= 0.6 is 23.6 Å². The van der Waals surface area contributed by atoms with E-state index in [1.165, 1.54) is 16.7 Å². The quantitative estimate of drug-likeness (QED) is 0.676. The molecule has 0 fully saturated rings. The third-order valence-corrected chi connectivity index (χ3v) is 4.53. The van der Waals surface area contributed by atoms with E-state index in [-0.39, 0.29) is 5.11 Å². The summed E-state index contributed by atoms with van der Waals surface area (Å²) in [5.74, 6) is 0. The summed E-state index contributed by atoms with van der Waals surface area (Å²) in [4.78, 5) is 4.79. The minimum atomic E-state index is 0.261. The molecule has 1 heterocycles. The van der Waals surface area contributed by atoms with Gasteiger partial charge in [0.05, 0.1) is 5.69 Å². The summed E-state index contributed by atoms with van der Waals surface area (Å²) in [7, 11) is 0. The molecule has 1 aromatic heterocycles. The summed E-state index contributed by atoms with van der Waals surface area (Å²) in [5, 5.41) is 6.29. The Balaban J connectivity index is 1.94. The molecule has 0 amide bonds. The second kappa shape index (κ2) is 6.48. The molecule has 23 heavy (non-hydrogen) atoms.